The van der Waals surface area contributed by atoms with E-state index < -0.39 is 30.6 Å². The van der Waals surface area contributed by atoms with Crippen LogP contribution >= 0.6 is 0 Å². The topological polar surface area (TPSA) is 167 Å². The van der Waals surface area contributed by atoms with E-state index in [1.165, 1.54) is 7.11 Å². The summed E-state index contributed by atoms with van der Waals surface area (Å²) >= 11 is 0. The zero-order valence-electron chi connectivity index (χ0n) is 32.4. The molecule has 298 valence electrons. The molecule has 14 nitrogen and oxygen atoms in total. The molecule has 3 aliphatic heterocycles. The molecule has 4 aromatic rings. The van der Waals surface area contributed by atoms with Crippen molar-refractivity contribution in [1.82, 2.24) is 30.4 Å². The van der Waals surface area contributed by atoms with Gasteiger partial charge in [0.05, 0.1) is 25.0 Å². The lowest BCUT2D eigenvalue weighted by Gasteiger charge is -2.37. The van der Waals surface area contributed by atoms with Gasteiger partial charge in [0.2, 0.25) is 24.1 Å². The van der Waals surface area contributed by atoms with Gasteiger partial charge in [-0.2, -0.15) is 0 Å². The molecule has 3 aromatic carbocycles. The predicted octanol–water partition coefficient (Wildman–Crippen LogP) is 5.72. The number of carbonyl (C=O) groups is 4. The zero-order valence-corrected chi connectivity index (χ0v) is 32.4. The van der Waals surface area contributed by atoms with Crippen LogP contribution in [-0.2, 0) is 28.6 Å². The van der Waals surface area contributed by atoms with E-state index in [2.05, 4.69) is 20.9 Å². The predicted molar refractivity (Wildman–Crippen MR) is 211 cm³/mol. The molecule has 1 saturated carbocycles. The third-order valence-electron chi connectivity index (χ3n) is 11.7. The fourth-order valence-electron chi connectivity index (χ4n) is 8.76. The van der Waals surface area contributed by atoms with Crippen LogP contribution in [0.1, 0.15) is 69.4 Å². The number of aromatic amines is 1. The number of ether oxygens (including phenoxy) is 3. The monoisotopic (exact) mass is 775 g/mol. The molecule has 4 heterocycles. The van der Waals surface area contributed by atoms with E-state index in [-0.39, 0.29) is 48.4 Å². The first kappa shape index (κ1) is 38.3. The molecule has 4 fully saturated rings. The molecule has 1 aliphatic carbocycles. The quantitative estimate of drug-likeness (QED) is 0.141. The number of hydrogen-bond acceptors (Lipinski definition) is 9. The average Bonchev–Trinajstić information content (AvgIpc) is 4.05. The zero-order chi connectivity index (χ0) is 39.6. The number of methoxy groups -OCH3 is 1. The summed E-state index contributed by atoms with van der Waals surface area (Å²) in [5.74, 6) is 0.120. The summed E-state index contributed by atoms with van der Waals surface area (Å²) in [7, 11) is 1.27. The number of rotatable bonds is 12. The number of nitrogens with zero attached hydrogens (tertiary/aromatic N) is 3. The van der Waals surface area contributed by atoms with Gasteiger partial charge in [-0.3, -0.25) is 19.7 Å². The second-order valence-electron chi connectivity index (χ2n) is 15.6. The van der Waals surface area contributed by atoms with E-state index in [4.69, 9.17) is 19.2 Å². The maximum absolute atomic E-state index is 14.0. The summed E-state index contributed by atoms with van der Waals surface area (Å²) in [4.78, 5) is 65.3. The molecule has 4 N–H and O–H groups in total. The van der Waals surface area contributed by atoms with E-state index in [0.29, 0.717) is 12.2 Å². The Morgan fingerprint density at radius 3 is 2.25 bits per heavy atom. The summed E-state index contributed by atoms with van der Waals surface area (Å²) in [6.45, 7) is 4.56. The number of alkyl carbamates (subject to hydrolysis) is 1. The van der Waals surface area contributed by atoms with Crippen LogP contribution in [0.4, 0.5) is 10.5 Å². The number of carbonyl (C=O) groups excluding carboxylic acids is 4. The van der Waals surface area contributed by atoms with Crippen molar-refractivity contribution in [3.63, 3.8) is 0 Å². The molecule has 57 heavy (non-hydrogen) atoms. The minimum absolute atomic E-state index is 0.0254. The average molecular weight is 776 g/mol. The number of nitrogens with one attached hydrogen (secondary N) is 4. The maximum Gasteiger partial charge on any atom is 0.407 e. The Bertz CT molecular complexity index is 2070. The molecule has 0 unspecified atom stereocenters. The minimum atomic E-state index is -0.786. The molecule has 4 amide bonds. The van der Waals surface area contributed by atoms with Crippen LogP contribution in [0.2, 0.25) is 0 Å². The van der Waals surface area contributed by atoms with Crippen molar-refractivity contribution in [2.24, 2.45) is 11.8 Å². The van der Waals surface area contributed by atoms with Crippen molar-refractivity contribution in [1.29, 1.82) is 0 Å². The summed E-state index contributed by atoms with van der Waals surface area (Å²) in [5.41, 5.74) is 5.29. The van der Waals surface area contributed by atoms with Crippen LogP contribution in [0.15, 0.2) is 85.1 Å². The SMILES string of the molecule is COC(=O)N[C@H](C(=O)N1[C@@H]2CC[C@@H](C2)[C@H]1C(=O)Nc1ccc(-c2ccc(-c3cnc([C@@H]4CCCN4C(=O)[C@H](NC4OCO4)c4ccccc4)[nH]3)cc2)cc1)C(C)C. The molecule has 3 saturated heterocycles. The van der Waals surface area contributed by atoms with Gasteiger partial charge in [0.15, 0.2) is 6.79 Å². The Labute approximate surface area is 331 Å². The van der Waals surface area contributed by atoms with Crippen molar-refractivity contribution in [3.05, 3.63) is 96.4 Å². The van der Waals surface area contributed by atoms with E-state index in [9.17, 15) is 19.2 Å². The van der Waals surface area contributed by atoms with Gasteiger partial charge in [-0.25, -0.2) is 9.78 Å². The highest BCUT2D eigenvalue weighted by Crippen LogP contribution is 2.43. The maximum atomic E-state index is 14.0. The fourth-order valence-corrected chi connectivity index (χ4v) is 8.76. The van der Waals surface area contributed by atoms with Crippen LogP contribution in [0.25, 0.3) is 22.4 Å². The molecule has 0 spiro atoms. The van der Waals surface area contributed by atoms with Gasteiger partial charge >= 0.3 is 6.09 Å². The highest BCUT2D eigenvalue weighted by atomic mass is 16.9. The van der Waals surface area contributed by atoms with Gasteiger partial charge in [0.1, 0.15) is 23.9 Å². The van der Waals surface area contributed by atoms with E-state index in [0.717, 1.165) is 65.9 Å². The Balaban J connectivity index is 0.911. The second-order valence-corrected chi connectivity index (χ2v) is 15.6. The van der Waals surface area contributed by atoms with Crippen molar-refractivity contribution in [2.75, 3.05) is 25.8 Å². The van der Waals surface area contributed by atoms with Crippen molar-refractivity contribution in [3.8, 4) is 22.4 Å². The molecule has 0 radical (unpaired) electrons. The molecule has 14 heteroatoms. The highest BCUT2D eigenvalue weighted by molar-refractivity contribution is 5.99. The lowest BCUT2D eigenvalue weighted by atomic mass is 9.95. The van der Waals surface area contributed by atoms with Gasteiger partial charge < -0.3 is 39.6 Å². The number of amides is 4. The van der Waals surface area contributed by atoms with E-state index in [1.54, 1.807) is 4.90 Å². The Hall–Kier alpha value is -5.57. The summed E-state index contributed by atoms with van der Waals surface area (Å²) in [5, 5.41) is 8.92. The van der Waals surface area contributed by atoms with Crippen molar-refractivity contribution >= 4 is 29.5 Å². The second kappa shape index (κ2) is 16.5. The first-order chi connectivity index (χ1) is 27.7. The van der Waals surface area contributed by atoms with Crippen LogP contribution in [0, 0.1) is 11.8 Å². The molecular formula is C43H49N7O7. The normalized spacial score (nSPS) is 22.6. The number of likely N-dealkylation sites (tertiary alicyclic amines) is 2. The number of aromatic nitrogens is 2. The minimum Gasteiger partial charge on any atom is -0.453 e. The lowest BCUT2D eigenvalue weighted by Crippen LogP contribution is -2.58. The number of H-pyrrole nitrogens is 1. The third-order valence-corrected chi connectivity index (χ3v) is 11.7. The summed E-state index contributed by atoms with van der Waals surface area (Å²) < 4.78 is 15.6. The smallest absolute Gasteiger partial charge is 0.407 e. The molecule has 4 aliphatic rings. The number of fused-ring (bicyclic) bond motifs is 2. The van der Waals surface area contributed by atoms with Gasteiger partial charge in [0.25, 0.3) is 0 Å². The fraction of sp³-hybridized carbons (Fsp3) is 0.419. The van der Waals surface area contributed by atoms with E-state index >= 15 is 0 Å². The van der Waals surface area contributed by atoms with Crippen LogP contribution in [0.5, 0.6) is 0 Å². The largest absolute Gasteiger partial charge is 0.453 e. The Morgan fingerprint density at radius 2 is 1.58 bits per heavy atom. The number of anilines is 1. The standard InChI is InChI=1S/C43H49N7O7/c1-25(2)35(47-42(54)55-3)41(53)50-32-20-17-30(22-32)37(50)39(51)45-31-18-15-27(16-19-31)26-11-13-28(14-12-26)33-23-44-38(46-33)34-10-7-21-49(34)40(52)36(48-43-56-24-57-43)29-8-5-4-6-9-29/h4-6,8-9,11-16,18-19,23,25,30,32,34-37,43,48H,7,10,17,20-22,24H2,1-3H3,(H,44,46)(H,45,51)(H,47,54)/t30-,32+,34-,35-,36+,37-/m0/s1. The molecule has 8 rings (SSSR count). The summed E-state index contributed by atoms with van der Waals surface area (Å²) in [6.07, 6.45) is 4.70. The van der Waals surface area contributed by atoms with Gasteiger partial charge in [-0.05, 0) is 78.3 Å². The van der Waals surface area contributed by atoms with Crippen LogP contribution in [0.3, 0.4) is 0 Å². The van der Waals surface area contributed by atoms with Crippen molar-refractivity contribution in [2.45, 2.75) is 82.6 Å². The number of imidazole rings is 1. The molecular weight excluding hydrogens is 727 g/mol. The number of hydrogen-bond donors (Lipinski definition) is 4. The third kappa shape index (κ3) is 7.89. The highest BCUT2D eigenvalue weighted by Gasteiger charge is 2.52. The molecule has 6 atom stereocenters. The summed E-state index contributed by atoms with van der Waals surface area (Å²) in [6, 6.07) is 23.2. The van der Waals surface area contributed by atoms with Gasteiger partial charge in [-0.15, -0.1) is 0 Å². The molecule has 1 aromatic heterocycles. The van der Waals surface area contributed by atoms with Crippen molar-refractivity contribution < 1.29 is 33.4 Å². The lowest BCUT2D eigenvalue weighted by molar-refractivity contribution is -0.335. The first-order valence-corrected chi connectivity index (χ1v) is 19.8. The Kier molecular flexibility index (Phi) is 11.1. The number of benzene rings is 3. The first-order valence-electron chi connectivity index (χ1n) is 19.8. The molecule has 2 bridgehead atoms. The van der Waals surface area contributed by atoms with Crippen LogP contribution < -0.4 is 16.0 Å². The van der Waals surface area contributed by atoms with Gasteiger partial charge in [-0.1, -0.05) is 80.6 Å². The van der Waals surface area contributed by atoms with Gasteiger partial charge in [0, 0.05) is 18.3 Å². The van der Waals surface area contributed by atoms with Crippen LogP contribution in [-0.4, -0.2) is 88.6 Å². The van der Waals surface area contributed by atoms with E-state index in [1.807, 2.05) is 104 Å². The Morgan fingerprint density at radius 1 is 0.877 bits per heavy atom. The number of piperidine rings is 1.